The number of aromatic amines is 1. The van der Waals surface area contributed by atoms with Crippen LogP contribution in [0.25, 0.3) is 22.4 Å². The third kappa shape index (κ3) is 3.47. The number of imidazole rings is 1. The van der Waals surface area contributed by atoms with Crippen LogP contribution in [0.2, 0.25) is 0 Å². The van der Waals surface area contributed by atoms with Crippen LogP contribution >= 0.6 is 0 Å². The monoisotopic (exact) mass is 350 g/mol. The first-order chi connectivity index (χ1) is 12.7. The van der Waals surface area contributed by atoms with Gasteiger partial charge in [-0.2, -0.15) is 0 Å². The van der Waals surface area contributed by atoms with Crippen molar-refractivity contribution in [1.29, 1.82) is 0 Å². The van der Waals surface area contributed by atoms with Crippen LogP contribution < -0.4 is 5.48 Å². The van der Waals surface area contributed by atoms with Gasteiger partial charge in [0.05, 0.1) is 11.0 Å². The molecule has 1 saturated heterocycles. The van der Waals surface area contributed by atoms with Crippen LogP contribution in [-0.2, 0) is 6.54 Å². The molecule has 6 nitrogen and oxygen atoms in total. The predicted octanol–water partition coefficient (Wildman–Crippen LogP) is 3.33. The molecule has 0 radical (unpaired) electrons. The van der Waals surface area contributed by atoms with Gasteiger partial charge in [0.25, 0.3) is 5.91 Å². The van der Waals surface area contributed by atoms with Crippen molar-refractivity contribution in [3.8, 4) is 11.4 Å². The minimum Gasteiger partial charge on any atom is -0.338 e. The average Bonchev–Trinajstić information content (AvgIpc) is 3.12. The normalized spacial score (nSPS) is 15.3. The second-order valence-electron chi connectivity index (χ2n) is 6.79. The number of amides is 1. The largest absolute Gasteiger partial charge is 0.338 e. The molecule has 0 bridgehead atoms. The quantitative estimate of drug-likeness (QED) is 0.498. The summed E-state index contributed by atoms with van der Waals surface area (Å²) >= 11 is 0. The molecule has 0 unspecified atom stereocenters. The van der Waals surface area contributed by atoms with Gasteiger partial charge in [0.2, 0.25) is 0 Å². The van der Waals surface area contributed by atoms with E-state index in [0.29, 0.717) is 5.56 Å². The fourth-order valence-corrected chi connectivity index (χ4v) is 3.50. The van der Waals surface area contributed by atoms with Gasteiger partial charge in [-0.25, -0.2) is 10.5 Å². The van der Waals surface area contributed by atoms with Crippen molar-refractivity contribution in [3.63, 3.8) is 0 Å². The standard InChI is InChI=1S/C20H22N4O2/c25-20(23-26)16-8-9-17-18(12-16)22-19(21-17)15-6-4-14(5-7-15)13-24-10-2-1-3-11-24/h4-9,12,26H,1-3,10-11,13H2,(H,21,22)(H,23,25). The van der Waals surface area contributed by atoms with Crippen LogP contribution in [0.5, 0.6) is 0 Å². The van der Waals surface area contributed by atoms with Gasteiger partial charge in [-0.1, -0.05) is 30.7 Å². The zero-order valence-electron chi connectivity index (χ0n) is 14.5. The number of likely N-dealkylation sites (tertiary alicyclic amines) is 1. The van der Waals surface area contributed by atoms with Gasteiger partial charge in [-0.3, -0.25) is 14.9 Å². The molecule has 1 amide bonds. The Morgan fingerprint density at radius 3 is 2.62 bits per heavy atom. The highest BCUT2D eigenvalue weighted by Crippen LogP contribution is 2.22. The first-order valence-electron chi connectivity index (χ1n) is 8.99. The smallest absolute Gasteiger partial charge is 0.274 e. The number of piperidine rings is 1. The summed E-state index contributed by atoms with van der Waals surface area (Å²) in [6.07, 6.45) is 3.95. The predicted molar refractivity (Wildman–Crippen MR) is 99.9 cm³/mol. The van der Waals surface area contributed by atoms with E-state index in [2.05, 4.69) is 39.1 Å². The van der Waals surface area contributed by atoms with Crippen molar-refractivity contribution < 1.29 is 10.0 Å². The molecule has 0 spiro atoms. The lowest BCUT2D eigenvalue weighted by molar-refractivity contribution is 0.0706. The van der Waals surface area contributed by atoms with Gasteiger partial charge in [-0.15, -0.1) is 0 Å². The number of nitrogens with zero attached hydrogens (tertiary/aromatic N) is 2. The first-order valence-corrected chi connectivity index (χ1v) is 8.99. The average molecular weight is 350 g/mol. The molecule has 0 aliphatic carbocycles. The van der Waals surface area contributed by atoms with Crippen molar-refractivity contribution in [2.45, 2.75) is 25.8 Å². The van der Waals surface area contributed by atoms with Gasteiger partial charge >= 0.3 is 0 Å². The molecule has 2 heterocycles. The van der Waals surface area contributed by atoms with Gasteiger partial charge in [0, 0.05) is 17.7 Å². The van der Waals surface area contributed by atoms with E-state index in [1.807, 2.05) is 0 Å². The summed E-state index contributed by atoms with van der Waals surface area (Å²) in [7, 11) is 0. The zero-order valence-corrected chi connectivity index (χ0v) is 14.5. The van der Waals surface area contributed by atoms with Crippen LogP contribution in [-0.4, -0.2) is 39.1 Å². The van der Waals surface area contributed by atoms with E-state index < -0.39 is 5.91 Å². The first kappa shape index (κ1) is 16.8. The van der Waals surface area contributed by atoms with Crippen LogP contribution in [0, 0.1) is 0 Å². The number of hydrogen-bond acceptors (Lipinski definition) is 4. The summed E-state index contributed by atoms with van der Waals surface area (Å²) in [5, 5.41) is 8.76. The summed E-state index contributed by atoms with van der Waals surface area (Å²) < 4.78 is 0. The highest BCUT2D eigenvalue weighted by Gasteiger charge is 2.12. The summed E-state index contributed by atoms with van der Waals surface area (Å²) in [4.78, 5) is 21.9. The molecule has 0 atom stereocenters. The molecule has 1 fully saturated rings. The molecule has 1 aliphatic heterocycles. The fraction of sp³-hybridized carbons (Fsp3) is 0.300. The Balaban J connectivity index is 1.54. The van der Waals surface area contributed by atoms with Crippen molar-refractivity contribution in [1.82, 2.24) is 20.3 Å². The highest BCUT2D eigenvalue weighted by molar-refractivity contribution is 5.97. The topological polar surface area (TPSA) is 81.2 Å². The van der Waals surface area contributed by atoms with E-state index >= 15 is 0 Å². The molecule has 1 aromatic heterocycles. The molecule has 3 N–H and O–H groups in total. The van der Waals surface area contributed by atoms with Gasteiger partial charge < -0.3 is 4.98 Å². The number of aromatic nitrogens is 2. The Morgan fingerprint density at radius 2 is 1.88 bits per heavy atom. The van der Waals surface area contributed by atoms with E-state index in [9.17, 15) is 4.79 Å². The number of carbonyl (C=O) groups excluding carboxylic acids is 1. The van der Waals surface area contributed by atoms with Crippen LogP contribution in [0.3, 0.4) is 0 Å². The molecule has 4 rings (SSSR count). The lowest BCUT2D eigenvalue weighted by atomic mass is 10.1. The van der Waals surface area contributed by atoms with Crippen molar-refractivity contribution >= 4 is 16.9 Å². The molecule has 134 valence electrons. The van der Waals surface area contributed by atoms with Gasteiger partial charge in [0.1, 0.15) is 5.82 Å². The molecule has 2 aromatic carbocycles. The van der Waals surface area contributed by atoms with Crippen LogP contribution in [0.4, 0.5) is 0 Å². The van der Waals surface area contributed by atoms with Crippen LogP contribution in [0.15, 0.2) is 42.5 Å². The molecule has 3 aromatic rings. The SMILES string of the molecule is O=C(NO)c1ccc2nc(-c3ccc(CN4CCCCC4)cc3)[nH]c2c1. The third-order valence-electron chi connectivity index (χ3n) is 4.93. The number of hydroxylamine groups is 1. The number of nitrogens with one attached hydrogen (secondary N) is 2. The molecule has 1 aliphatic rings. The van der Waals surface area contributed by atoms with Crippen LogP contribution in [0.1, 0.15) is 35.2 Å². The Hall–Kier alpha value is -2.70. The lowest BCUT2D eigenvalue weighted by Crippen LogP contribution is -2.28. The minimum atomic E-state index is -0.537. The third-order valence-corrected chi connectivity index (χ3v) is 4.93. The van der Waals surface area contributed by atoms with Gasteiger partial charge in [-0.05, 0) is 49.7 Å². The number of fused-ring (bicyclic) bond motifs is 1. The number of benzene rings is 2. The molecular formula is C20H22N4O2. The fourth-order valence-electron chi connectivity index (χ4n) is 3.50. The number of rotatable bonds is 4. The number of carbonyl (C=O) groups is 1. The summed E-state index contributed by atoms with van der Waals surface area (Å²) in [5.41, 5.74) is 5.90. The summed E-state index contributed by atoms with van der Waals surface area (Å²) in [6, 6.07) is 13.6. The highest BCUT2D eigenvalue weighted by atomic mass is 16.5. The second-order valence-corrected chi connectivity index (χ2v) is 6.79. The maximum atomic E-state index is 11.5. The second kappa shape index (κ2) is 7.27. The number of H-pyrrole nitrogens is 1. The molecular weight excluding hydrogens is 328 g/mol. The Morgan fingerprint density at radius 1 is 1.12 bits per heavy atom. The van der Waals surface area contributed by atoms with E-state index in [1.165, 1.54) is 37.9 Å². The van der Waals surface area contributed by atoms with E-state index in [4.69, 9.17) is 5.21 Å². The van der Waals surface area contributed by atoms with E-state index in [0.717, 1.165) is 29.0 Å². The van der Waals surface area contributed by atoms with Gasteiger partial charge in [0.15, 0.2) is 0 Å². The van der Waals surface area contributed by atoms with E-state index in [1.54, 1.807) is 23.7 Å². The summed E-state index contributed by atoms with van der Waals surface area (Å²) in [5.74, 6) is 0.233. The van der Waals surface area contributed by atoms with Crippen molar-refractivity contribution in [2.24, 2.45) is 0 Å². The summed E-state index contributed by atoms with van der Waals surface area (Å²) in [6.45, 7) is 3.38. The molecule has 0 saturated carbocycles. The van der Waals surface area contributed by atoms with Crippen molar-refractivity contribution in [2.75, 3.05) is 13.1 Å². The maximum absolute atomic E-state index is 11.5. The van der Waals surface area contributed by atoms with Crippen molar-refractivity contribution in [3.05, 3.63) is 53.6 Å². The Kier molecular flexibility index (Phi) is 4.69. The molecule has 26 heavy (non-hydrogen) atoms. The lowest BCUT2D eigenvalue weighted by Gasteiger charge is -2.26. The minimum absolute atomic E-state index is 0.382. The number of hydrogen-bond donors (Lipinski definition) is 3. The molecule has 6 heteroatoms. The Labute approximate surface area is 151 Å². The van der Waals surface area contributed by atoms with E-state index in [-0.39, 0.29) is 0 Å². The maximum Gasteiger partial charge on any atom is 0.274 e. The Bertz CT molecular complexity index is 911. The zero-order chi connectivity index (χ0) is 17.9.